The lowest BCUT2D eigenvalue weighted by molar-refractivity contribution is 0.275. The molecule has 1 heteroatoms. The van der Waals surface area contributed by atoms with Crippen molar-refractivity contribution in [3.63, 3.8) is 0 Å². The molecule has 1 aromatic carbocycles. The third kappa shape index (κ3) is 2.35. The molecule has 65 valence electrons. The van der Waals surface area contributed by atoms with Gasteiger partial charge in [0.25, 0.3) is 0 Å². The fraction of sp³-hybridized carbons (Fsp3) is 0.364. The molecule has 0 amide bonds. The van der Waals surface area contributed by atoms with Gasteiger partial charge in [-0.1, -0.05) is 37.3 Å². The van der Waals surface area contributed by atoms with Crippen molar-refractivity contribution in [3.05, 3.63) is 42.8 Å². The number of aliphatic hydroxyl groups excluding tert-OH is 1. The smallest absolute Gasteiger partial charge is 0.0436 e. The number of hydrogen-bond donors (Lipinski definition) is 1. The molecule has 0 heterocycles. The van der Waals surface area contributed by atoms with E-state index in [-0.39, 0.29) is 6.61 Å². The van der Waals surface area contributed by atoms with Gasteiger partial charge in [-0.15, -0.1) is 0 Å². The highest BCUT2D eigenvalue weighted by Gasteiger charge is 2.06. The summed E-state index contributed by atoms with van der Waals surface area (Å²) < 4.78 is 0. The van der Waals surface area contributed by atoms with Crippen molar-refractivity contribution in [1.29, 1.82) is 0 Å². The average Bonchev–Trinajstić information content (AvgIpc) is 2.15. The van der Waals surface area contributed by atoms with Crippen molar-refractivity contribution in [2.24, 2.45) is 0 Å². The van der Waals surface area contributed by atoms with E-state index in [1.54, 1.807) is 0 Å². The highest BCUT2D eigenvalue weighted by atomic mass is 16.3. The summed E-state index contributed by atoms with van der Waals surface area (Å²) in [5, 5.41) is 8.80. The molecule has 12 heavy (non-hydrogen) atoms. The molecule has 0 saturated carbocycles. The summed E-state index contributed by atoms with van der Waals surface area (Å²) in [5.74, 6) is 0.413. The molecule has 0 spiro atoms. The topological polar surface area (TPSA) is 20.2 Å². The summed E-state index contributed by atoms with van der Waals surface area (Å²) in [4.78, 5) is 0. The minimum Gasteiger partial charge on any atom is -0.396 e. The van der Waals surface area contributed by atoms with Gasteiger partial charge in [-0.25, -0.2) is 0 Å². The van der Waals surface area contributed by atoms with E-state index in [1.165, 1.54) is 5.56 Å². The highest BCUT2D eigenvalue weighted by Crippen LogP contribution is 2.21. The SMILES string of the molecule is [CH2]CC(CCO)c1ccccc1. The van der Waals surface area contributed by atoms with Crippen LogP contribution in [0.5, 0.6) is 0 Å². The van der Waals surface area contributed by atoms with Crippen LogP contribution in [0.1, 0.15) is 24.3 Å². The van der Waals surface area contributed by atoms with Gasteiger partial charge >= 0.3 is 0 Å². The van der Waals surface area contributed by atoms with Crippen LogP contribution in [-0.4, -0.2) is 11.7 Å². The van der Waals surface area contributed by atoms with E-state index in [0.29, 0.717) is 5.92 Å². The van der Waals surface area contributed by atoms with Crippen molar-refractivity contribution in [3.8, 4) is 0 Å². The molecule has 0 saturated heterocycles. The summed E-state index contributed by atoms with van der Waals surface area (Å²) in [6, 6.07) is 10.2. The first-order valence-corrected chi connectivity index (χ1v) is 4.33. The van der Waals surface area contributed by atoms with Crippen LogP contribution in [0.15, 0.2) is 30.3 Å². The fourth-order valence-electron chi connectivity index (χ4n) is 1.36. The Hall–Kier alpha value is -0.820. The lowest BCUT2D eigenvalue weighted by Crippen LogP contribution is -1.99. The largest absolute Gasteiger partial charge is 0.396 e. The first kappa shape index (κ1) is 9.27. The summed E-state index contributed by atoms with van der Waals surface area (Å²) in [6.45, 7) is 4.12. The van der Waals surface area contributed by atoms with Gasteiger partial charge in [0.2, 0.25) is 0 Å². The van der Waals surface area contributed by atoms with Crippen LogP contribution < -0.4 is 0 Å². The molecule has 0 aliphatic carbocycles. The Kier molecular flexibility index (Phi) is 3.81. The lowest BCUT2D eigenvalue weighted by atomic mass is 9.94. The number of aliphatic hydroxyl groups is 1. The first-order valence-electron chi connectivity index (χ1n) is 4.33. The van der Waals surface area contributed by atoms with Crippen LogP contribution in [0.3, 0.4) is 0 Å². The van der Waals surface area contributed by atoms with E-state index in [0.717, 1.165) is 12.8 Å². The van der Waals surface area contributed by atoms with Gasteiger partial charge < -0.3 is 5.11 Å². The van der Waals surface area contributed by atoms with Crippen LogP contribution >= 0.6 is 0 Å². The summed E-state index contributed by atoms with van der Waals surface area (Å²) in [7, 11) is 0. The minimum absolute atomic E-state index is 0.245. The molecule has 1 atom stereocenters. The van der Waals surface area contributed by atoms with Crippen molar-refractivity contribution < 1.29 is 5.11 Å². The Labute approximate surface area is 74.1 Å². The molecule has 1 radical (unpaired) electrons. The van der Waals surface area contributed by atoms with Crippen molar-refractivity contribution >= 4 is 0 Å². The second-order valence-corrected chi connectivity index (χ2v) is 2.91. The summed E-state index contributed by atoms with van der Waals surface area (Å²) in [5.41, 5.74) is 1.28. The molecule has 0 aliphatic rings. The highest BCUT2D eigenvalue weighted by molar-refractivity contribution is 5.19. The number of hydrogen-bond acceptors (Lipinski definition) is 1. The predicted molar refractivity (Wildman–Crippen MR) is 50.9 cm³/mol. The molecule has 0 aliphatic heterocycles. The Bertz CT molecular complexity index is 206. The second-order valence-electron chi connectivity index (χ2n) is 2.91. The standard InChI is InChI=1S/C11H15O/c1-2-10(8-9-12)11-6-4-3-5-7-11/h3-7,10,12H,1-2,8-9H2. The molecule has 1 rings (SSSR count). The van der Waals surface area contributed by atoms with Crippen LogP contribution in [0.4, 0.5) is 0 Å². The quantitative estimate of drug-likeness (QED) is 0.722. The monoisotopic (exact) mass is 163 g/mol. The first-order chi connectivity index (χ1) is 5.88. The van der Waals surface area contributed by atoms with Gasteiger partial charge in [0.15, 0.2) is 0 Å². The van der Waals surface area contributed by atoms with E-state index < -0.39 is 0 Å². The van der Waals surface area contributed by atoms with Crippen molar-refractivity contribution in [2.75, 3.05) is 6.61 Å². The Balaban J connectivity index is 2.66. The summed E-state index contributed by atoms with van der Waals surface area (Å²) >= 11 is 0. The van der Waals surface area contributed by atoms with Crippen LogP contribution in [0.25, 0.3) is 0 Å². The fourth-order valence-corrected chi connectivity index (χ4v) is 1.36. The van der Waals surface area contributed by atoms with Gasteiger partial charge in [0.05, 0.1) is 0 Å². The van der Waals surface area contributed by atoms with E-state index in [9.17, 15) is 0 Å². The lowest BCUT2D eigenvalue weighted by Gasteiger charge is -2.12. The molecule has 1 unspecified atom stereocenters. The van der Waals surface area contributed by atoms with E-state index in [2.05, 4.69) is 19.1 Å². The third-order valence-corrected chi connectivity index (χ3v) is 2.10. The Morgan fingerprint density at radius 3 is 2.42 bits per heavy atom. The zero-order valence-electron chi connectivity index (χ0n) is 7.24. The molecule has 1 aromatic rings. The Morgan fingerprint density at radius 1 is 1.25 bits per heavy atom. The second kappa shape index (κ2) is 4.94. The average molecular weight is 163 g/mol. The van der Waals surface area contributed by atoms with E-state index >= 15 is 0 Å². The molecule has 0 bridgehead atoms. The maximum absolute atomic E-state index is 8.80. The van der Waals surface area contributed by atoms with Gasteiger partial charge in [0, 0.05) is 6.61 Å². The predicted octanol–water partition coefficient (Wildman–Crippen LogP) is 2.38. The van der Waals surface area contributed by atoms with Gasteiger partial charge in [0.1, 0.15) is 0 Å². The van der Waals surface area contributed by atoms with E-state index in [1.807, 2.05) is 18.2 Å². The van der Waals surface area contributed by atoms with Crippen molar-refractivity contribution in [2.45, 2.75) is 18.8 Å². The van der Waals surface area contributed by atoms with Crippen molar-refractivity contribution in [1.82, 2.24) is 0 Å². The zero-order valence-corrected chi connectivity index (χ0v) is 7.24. The maximum Gasteiger partial charge on any atom is 0.0436 e. The zero-order chi connectivity index (χ0) is 8.81. The van der Waals surface area contributed by atoms with E-state index in [4.69, 9.17) is 5.11 Å². The van der Waals surface area contributed by atoms with Gasteiger partial charge in [-0.2, -0.15) is 0 Å². The van der Waals surface area contributed by atoms with Crippen LogP contribution in [0.2, 0.25) is 0 Å². The third-order valence-electron chi connectivity index (χ3n) is 2.10. The number of benzene rings is 1. The summed E-state index contributed by atoms with van der Waals surface area (Å²) in [6.07, 6.45) is 1.66. The normalized spacial score (nSPS) is 12.8. The molecule has 1 N–H and O–H groups in total. The molecule has 1 nitrogen and oxygen atoms in total. The van der Waals surface area contributed by atoms with Crippen LogP contribution in [-0.2, 0) is 0 Å². The number of rotatable bonds is 4. The Morgan fingerprint density at radius 2 is 1.92 bits per heavy atom. The maximum atomic E-state index is 8.80. The van der Waals surface area contributed by atoms with Crippen LogP contribution in [0, 0.1) is 6.92 Å². The molecule has 0 aromatic heterocycles. The molecule has 0 fully saturated rings. The van der Waals surface area contributed by atoms with Gasteiger partial charge in [-0.05, 0) is 24.3 Å². The minimum atomic E-state index is 0.245. The molecular weight excluding hydrogens is 148 g/mol. The molecular formula is C11H15O. The van der Waals surface area contributed by atoms with Gasteiger partial charge in [-0.3, -0.25) is 0 Å².